The van der Waals surface area contributed by atoms with Crippen LogP contribution in [0.25, 0.3) is 0 Å². The number of aliphatic carboxylic acids is 1. The molecule has 2 atom stereocenters. The number of aryl methyl sites for hydroxylation is 1. The zero-order valence-corrected chi connectivity index (χ0v) is 11.3. The van der Waals surface area contributed by atoms with Crippen molar-refractivity contribution in [3.8, 4) is 0 Å². The Balaban J connectivity index is 2.68. The highest BCUT2D eigenvalue weighted by atomic mass is 16.4. The Kier molecular flexibility index (Phi) is 5.29. The fourth-order valence-electron chi connectivity index (χ4n) is 1.60. The molecule has 1 rings (SSSR count). The molecule has 19 heavy (non-hydrogen) atoms. The molecule has 0 saturated heterocycles. The highest BCUT2D eigenvalue weighted by molar-refractivity contribution is 5.92. The van der Waals surface area contributed by atoms with Gasteiger partial charge in [-0.2, -0.15) is 0 Å². The first-order valence-corrected chi connectivity index (χ1v) is 6.17. The smallest absolute Gasteiger partial charge is 0.326 e. The Morgan fingerprint density at radius 1 is 1.47 bits per heavy atom. The van der Waals surface area contributed by atoms with Gasteiger partial charge in [0.25, 0.3) is 0 Å². The summed E-state index contributed by atoms with van der Waals surface area (Å²) >= 11 is 0. The quantitative estimate of drug-likeness (QED) is 0.759. The molecule has 0 saturated carbocycles. The summed E-state index contributed by atoms with van der Waals surface area (Å²) in [4.78, 5) is 26.9. The molecule has 0 aromatic carbocycles. The van der Waals surface area contributed by atoms with Crippen LogP contribution in [-0.4, -0.2) is 28.1 Å². The maximum Gasteiger partial charge on any atom is 0.326 e. The summed E-state index contributed by atoms with van der Waals surface area (Å²) in [5.41, 5.74) is 1.24. The van der Waals surface area contributed by atoms with Crippen molar-refractivity contribution in [3.63, 3.8) is 0 Å². The molecule has 1 aromatic heterocycles. The lowest BCUT2D eigenvalue weighted by Crippen LogP contribution is -2.46. The molecule has 3 N–H and O–H groups in total. The minimum Gasteiger partial charge on any atom is -0.480 e. The summed E-state index contributed by atoms with van der Waals surface area (Å²) in [6, 6.07) is 1.97. The normalized spacial score (nSPS) is 13.4. The van der Waals surface area contributed by atoms with Gasteiger partial charge in [0, 0.05) is 6.20 Å². The van der Waals surface area contributed by atoms with Gasteiger partial charge in [-0.05, 0) is 25.0 Å². The number of nitrogens with zero attached hydrogens (tertiary/aromatic N) is 1. The third-order valence-corrected chi connectivity index (χ3v) is 3.02. The molecular formula is C13H19N3O3. The van der Waals surface area contributed by atoms with E-state index in [0.717, 1.165) is 0 Å². The number of carbonyl (C=O) groups excluding carboxylic acids is 1. The van der Waals surface area contributed by atoms with Crippen LogP contribution < -0.4 is 10.6 Å². The summed E-state index contributed by atoms with van der Waals surface area (Å²) < 4.78 is 0. The molecule has 0 radical (unpaired) electrons. The van der Waals surface area contributed by atoms with E-state index in [9.17, 15) is 9.59 Å². The number of urea groups is 1. The van der Waals surface area contributed by atoms with Crippen LogP contribution >= 0.6 is 0 Å². The number of hydrogen-bond acceptors (Lipinski definition) is 3. The number of carbonyl (C=O) groups is 2. The topological polar surface area (TPSA) is 91.3 Å². The number of nitrogens with one attached hydrogen (secondary N) is 2. The van der Waals surface area contributed by atoms with Crippen molar-refractivity contribution in [2.45, 2.75) is 33.2 Å². The number of aromatic nitrogens is 1. The first-order chi connectivity index (χ1) is 8.95. The second-order valence-electron chi connectivity index (χ2n) is 4.44. The Morgan fingerprint density at radius 3 is 2.68 bits per heavy atom. The number of hydrogen-bond donors (Lipinski definition) is 3. The van der Waals surface area contributed by atoms with Crippen molar-refractivity contribution >= 4 is 17.7 Å². The van der Waals surface area contributed by atoms with E-state index in [1.807, 2.05) is 6.92 Å². The zero-order valence-electron chi connectivity index (χ0n) is 11.3. The van der Waals surface area contributed by atoms with E-state index in [1.165, 1.54) is 0 Å². The summed E-state index contributed by atoms with van der Waals surface area (Å²) in [7, 11) is 0. The van der Waals surface area contributed by atoms with Crippen LogP contribution in [0.2, 0.25) is 0 Å². The third kappa shape index (κ3) is 4.24. The van der Waals surface area contributed by atoms with Crippen molar-refractivity contribution in [1.82, 2.24) is 10.3 Å². The van der Waals surface area contributed by atoms with Gasteiger partial charge < -0.3 is 15.7 Å². The van der Waals surface area contributed by atoms with Crippen LogP contribution in [0.15, 0.2) is 18.3 Å². The average molecular weight is 265 g/mol. The van der Waals surface area contributed by atoms with E-state index in [2.05, 4.69) is 15.6 Å². The molecule has 104 valence electrons. The highest BCUT2D eigenvalue weighted by Gasteiger charge is 2.25. The van der Waals surface area contributed by atoms with Gasteiger partial charge in [-0.3, -0.25) is 4.98 Å². The predicted molar refractivity (Wildman–Crippen MR) is 72.0 cm³/mol. The summed E-state index contributed by atoms with van der Waals surface area (Å²) in [5.74, 6) is -1.18. The molecule has 0 aliphatic heterocycles. The van der Waals surface area contributed by atoms with E-state index < -0.39 is 18.0 Å². The lowest BCUT2D eigenvalue weighted by molar-refractivity contribution is -0.140. The van der Waals surface area contributed by atoms with Gasteiger partial charge in [0.1, 0.15) is 6.04 Å². The maximum atomic E-state index is 11.8. The molecule has 0 bridgehead atoms. The number of anilines is 1. The van der Waals surface area contributed by atoms with Crippen molar-refractivity contribution in [2.24, 2.45) is 5.92 Å². The van der Waals surface area contributed by atoms with Crippen molar-refractivity contribution < 1.29 is 14.7 Å². The molecular weight excluding hydrogens is 246 g/mol. The highest BCUT2D eigenvalue weighted by Crippen LogP contribution is 2.11. The molecule has 1 aromatic rings. The van der Waals surface area contributed by atoms with Gasteiger partial charge in [0.05, 0.1) is 11.4 Å². The van der Waals surface area contributed by atoms with Crippen LogP contribution in [0.5, 0.6) is 0 Å². The summed E-state index contributed by atoms with van der Waals surface area (Å²) in [6.45, 7) is 5.43. The maximum absolute atomic E-state index is 11.8. The molecule has 6 heteroatoms. The summed E-state index contributed by atoms with van der Waals surface area (Å²) in [6.07, 6.45) is 2.29. The van der Waals surface area contributed by atoms with E-state index in [1.54, 1.807) is 32.2 Å². The van der Waals surface area contributed by atoms with Gasteiger partial charge >= 0.3 is 12.0 Å². The average Bonchev–Trinajstić information content (AvgIpc) is 2.37. The first-order valence-electron chi connectivity index (χ1n) is 6.17. The lowest BCUT2D eigenvalue weighted by atomic mass is 9.99. The van der Waals surface area contributed by atoms with Gasteiger partial charge in [-0.15, -0.1) is 0 Å². The lowest BCUT2D eigenvalue weighted by Gasteiger charge is -2.20. The molecule has 6 nitrogen and oxygen atoms in total. The Labute approximate surface area is 112 Å². The van der Waals surface area contributed by atoms with Crippen molar-refractivity contribution in [1.29, 1.82) is 0 Å². The van der Waals surface area contributed by atoms with Crippen molar-refractivity contribution in [2.75, 3.05) is 5.32 Å². The second-order valence-corrected chi connectivity index (χ2v) is 4.44. The van der Waals surface area contributed by atoms with E-state index in [0.29, 0.717) is 17.8 Å². The predicted octanol–water partition coefficient (Wildman–Crippen LogP) is 2.01. The Morgan fingerprint density at radius 2 is 2.16 bits per heavy atom. The van der Waals surface area contributed by atoms with Gasteiger partial charge in [-0.1, -0.05) is 20.3 Å². The van der Waals surface area contributed by atoms with Gasteiger partial charge in [-0.25, -0.2) is 9.59 Å². The largest absolute Gasteiger partial charge is 0.480 e. The van der Waals surface area contributed by atoms with E-state index in [4.69, 9.17) is 5.11 Å². The van der Waals surface area contributed by atoms with E-state index in [-0.39, 0.29) is 5.92 Å². The molecule has 1 heterocycles. The van der Waals surface area contributed by atoms with Gasteiger partial charge in [0.2, 0.25) is 0 Å². The van der Waals surface area contributed by atoms with Crippen molar-refractivity contribution in [3.05, 3.63) is 24.0 Å². The first kappa shape index (κ1) is 14.9. The third-order valence-electron chi connectivity index (χ3n) is 3.02. The Hall–Kier alpha value is -2.11. The van der Waals surface area contributed by atoms with Crippen LogP contribution in [-0.2, 0) is 4.79 Å². The molecule has 2 amide bonds. The number of carboxylic acids is 1. The number of amides is 2. The van der Waals surface area contributed by atoms with Crippen LogP contribution in [0, 0.1) is 12.8 Å². The second kappa shape index (κ2) is 6.72. The van der Waals surface area contributed by atoms with Crippen LogP contribution in [0.1, 0.15) is 26.0 Å². The molecule has 0 aliphatic carbocycles. The minimum absolute atomic E-state index is 0.141. The molecule has 0 unspecified atom stereocenters. The molecule has 0 spiro atoms. The van der Waals surface area contributed by atoms with Gasteiger partial charge in [0.15, 0.2) is 0 Å². The number of pyridine rings is 1. The van der Waals surface area contributed by atoms with Crippen LogP contribution in [0.3, 0.4) is 0 Å². The molecule has 0 aliphatic rings. The standard InChI is InChI=1S/C13H19N3O3/c1-4-8(2)11(12(17)18)16-13(19)15-10-6-5-7-14-9(10)3/h5-8,11H,4H2,1-3H3,(H,17,18)(H2,15,16,19)/t8-,11-/m0/s1. The number of carboxylic acid groups (broad SMARTS) is 1. The minimum atomic E-state index is -1.03. The fraction of sp³-hybridized carbons (Fsp3) is 0.462. The fourth-order valence-corrected chi connectivity index (χ4v) is 1.60. The molecule has 0 fully saturated rings. The zero-order chi connectivity index (χ0) is 14.4. The summed E-state index contributed by atoms with van der Waals surface area (Å²) in [5, 5.41) is 14.2. The monoisotopic (exact) mass is 265 g/mol. The number of rotatable bonds is 5. The van der Waals surface area contributed by atoms with Crippen LogP contribution in [0.4, 0.5) is 10.5 Å². The Bertz CT molecular complexity index is 462. The SMILES string of the molecule is CC[C@H](C)[C@H](NC(=O)Nc1cccnc1C)C(=O)O. The van der Waals surface area contributed by atoms with E-state index >= 15 is 0 Å².